The van der Waals surface area contributed by atoms with Gasteiger partial charge in [-0.25, -0.2) is 0 Å². The smallest absolute Gasteiger partial charge is 0.255 e. The van der Waals surface area contributed by atoms with Crippen molar-refractivity contribution < 1.29 is 9.59 Å². The fourth-order valence-corrected chi connectivity index (χ4v) is 5.08. The molecule has 0 saturated carbocycles. The summed E-state index contributed by atoms with van der Waals surface area (Å²) in [6, 6.07) is 15.2. The lowest BCUT2D eigenvalue weighted by molar-refractivity contribution is -0.134. The number of rotatable bonds is 9. The molecule has 2 atom stereocenters. The van der Waals surface area contributed by atoms with E-state index < -0.39 is 6.04 Å². The monoisotopic (exact) mass is 506 g/mol. The molecule has 6 nitrogen and oxygen atoms in total. The Morgan fingerprint density at radius 3 is 2.35 bits per heavy atom. The number of carbonyl (C=O) groups is 2. The Morgan fingerprint density at radius 2 is 1.76 bits per heavy atom. The Hall–Kier alpha value is -2.70. The molecule has 1 heterocycles. The predicted octanol–water partition coefficient (Wildman–Crippen LogP) is 5.08. The van der Waals surface area contributed by atoms with E-state index in [2.05, 4.69) is 44.8 Å². The van der Waals surface area contributed by atoms with Gasteiger partial charge in [-0.3, -0.25) is 9.59 Å². The highest BCUT2D eigenvalue weighted by Gasteiger charge is 2.31. The van der Waals surface area contributed by atoms with Gasteiger partial charge in [-0.15, -0.1) is 0 Å². The van der Waals surface area contributed by atoms with Gasteiger partial charge in [0, 0.05) is 24.3 Å². The Morgan fingerprint density at radius 1 is 1.11 bits per heavy atom. The standard InChI is InChI=1S/C31H46N4O2/c1-7-17-35-18-15-24(16-19-35)28(32)30(37)34(6)22(2)20-23-9-8-10-27(21-23)33-29(36)25-11-13-26(14-12-25)31(3,4)5/h8-14,21-22,24,28H,7,15-20,32H2,1-6H3,(H,33,36). The van der Waals surface area contributed by atoms with Crippen LogP contribution < -0.4 is 11.1 Å². The van der Waals surface area contributed by atoms with E-state index in [1.165, 1.54) is 5.56 Å². The first-order chi connectivity index (χ1) is 17.5. The number of hydrogen-bond donors (Lipinski definition) is 2. The maximum absolute atomic E-state index is 13.2. The zero-order valence-electron chi connectivity index (χ0n) is 23.6. The highest BCUT2D eigenvalue weighted by Crippen LogP contribution is 2.24. The van der Waals surface area contributed by atoms with Crippen LogP contribution in [0.4, 0.5) is 5.69 Å². The minimum Gasteiger partial charge on any atom is -0.341 e. The zero-order valence-corrected chi connectivity index (χ0v) is 23.6. The molecule has 6 heteroatoms. The number of nitrogens with two attached hydrogens (primary N) is 1. The van der Waals surface area contributed by atoms with E-state index in [1.807, 2.05) is 55.6 Å². The number of nitrogens with one attached hydrogen (secondary N) is 1. The Balaban J connectivity index is 1.56. The van der Waals surface area contributed by atoms with Crippen molar-refractivity contribution in [3.05, 3.63) is 65.2 Å². The number of benzene rings is 2. The molecule has 0 bridgehead atoms. The summed E-state index contributed by atoms with van der Waals surface area (Å²) < 4.78 is 0. The molecule has 2 aromatic rings. The van der Waals surface area contributed by atoms with Gasteiger partial charge in [0.2, 0.25) is 5.91 Å². The molecule has 1 aliphatic heterocycles. The van der Waals surface area contributed by atoms with Gasteiger partial charge in [-0.2, -0.15) is 0 Å². The average molecular weight is 507 g/mol. The van der Waals surface area contributed by atoms with E-state index in [1.54, 1.807) is 4.90 Å². The number of carbonyl (C=O) groups excluding carboxylic acids is 2. The summed E-state index contributed by atoms with van der Waals surface area (Å²) in [7, 11) is 1.85. The van der Waals surface area contributed by atoms with Crippen molar-refractivity contribution in [3.63, 3.8) is 0 Å². The summed E-state index contributed by atoms with van der Waals surface area (Å²) in [5.74, 6) is 0.129. The van der Waals surface area contributed by atoms with Crippen LogP contribution in [0, 0.1) is 5.92 Å². The van der Waals surface area contributed by atoms with Gasteiger partial charge in [-0.05, 0) is 99.0 Å². The first-order valence-electron chi connectivity index (χ1n) is 13.7. The van der Waals surface area contributed by atoms with Gasteiger partial charge in [0.15, 0.2) is 0 Å². The summed E-state index contributed by atoms with van der Waals surface area (Å²) in [6.45, 7) is 13.9. The molecular formula is C31H46N4O2. The summed E-state index contributed by atoms with van der Waals surface area (Å²) in [5.41, 5.74) is 10.1. The maximum atomic E-state index is 13.2. The number of piperidine rings is 1. The summed E-state index contributed by atoms with van der Waals surface area (Å²) in [6.07, 6.45) is 3.81. The number of nitrogens with zero attached hydrogens (tertiary/aromatic N) is 2. The number of amides is 2. The minimum atomic E-state index is -0.452. The molecule has 0 radical (unpaired) electrons. The quantitative estimate of drug-likeness (QED) is 0.497. The molecular weight excluding hydrogens is 460 g/mol. The molecule has 0 aliphatic carbocycles. The van der Waals surface area contributed by atoms with Crippen LogP contribution in [0.3, 0.4) is 0 Å². The summed E-state index contributed by atoms with van der Waals surface area (Å²) in [5, 5.41) is 3.01. The second-order valence-electron chi connectivity index (χ2n) is 11.7. The lowest BCUT2D eigenvalue weighted by atomic mass is 9.87. The Bertz CT molecular complexity index is 1040. The number of likely N-dealkylation sites (N-methyl/N-ethyl adjacent to an activating group) is 1. The van der Waals surface area contributed by atoms with E-state index in [4.69, 9.17) is 5.73 Å². The molecule has 0 aromatic heterocycles. The van der Waals surface area contributed by atoms with E-state index in [-0.39, 0.29) is 29.2 Å². The molecule has 2 aromatic carbocycles. The van der Waals surface area contributed by atoms with Crippen molar-refractivity contribution in [2.75, 3.05) is 32.0 Å². The molecule has 3 N–H and O–H groups in total. The van der Waals surface area contributed by atoms with Crippen LogP contribution in [-0.4, -0.2) is 60.4 Å². The van der Waals surface area contributed by atoms with Crippen LogP contribution in [0.25, 0.3) is 0 Å². The lowest BCUT2D eigenvalue weighted by Gasteiger charge is -2.36. The highest BCUT2D eigenvalue weighted by molar-refractivity contribution is 6.04. The number of anilines is 1. The third-order valence-electron chi connectivity index (χ3n) is 7.70. The normalized spacial score (nSPS) is 16.7. The molecule has 202 valence electrons. The first-order valence-corrected chi connectivity index (χ1v) is 13.7. The molecule has 37 heavy (non-hydrogen) atoms. The zero-order chi connectivity index (χ0) is 27.2. The van der Waals surface area contributed by atoms with Crippen LogP contribution >= 0.6 is 0 Å². The molecule has 3 rings (SSSR count). The number of likely N-dealkylation sites (tertiary alicyclic amines) is 1. The molecule has 2 unspecified atom stereocenters. The molecule has 0 spiro atoms. The van der Waals surface area contributed by atoms with E-state index in [9.17, 15) is 9.59 Å². The van der Waals surface area contributed by atoms with Crippen molar-refractivity contribution in [1.29, 1.82) is 0 Å². The second kappa shape index (κ2) is 12.7. The number of hydrogen-bond acceptors (Lipinski definition) is 4. The third-order valence-corrected chi connectivity index (χ3v) is 7.70. The topological polar surface area (TPSA) is 78.7 Å². The molecule has 2 amide bonds. The van der Waals surface area contributed by atoms with Crippen molar-refractivity contribution >= 4 is 17.5 Å². The fraction of sp³-hybridized carbons (Fsp3) is 0.548. The summed E-state index contributed by atoms with van der Waals surface area (Å²) >= 11 is 0. The van der Waals surface area contributed by atoms with Gasteiger partial charge >= 0.3 is 0 Å². The predicted molar refractivity (Wildman–Crippen MR) is 153 cm³/mol. The highest BCUT2D eigenvalue weighted by atomic mass is 16.2. The van der Waals surface area contributed by atoms with E-state index in [0.29, 0.717) is 12.0 Å². The molecule has 1 fully saturated rings. The minimum absolute atomic E-state index is 0.00498. The van der Waals surface area contributed by atoms with Gasteiger partial charge in [-0.1, -0.05) is 52.0 Å². The van der Waals surface area contributed by atoms with Crippen LogP contribution in [0.1, 0.15) is 75.4 Å². The van der Waals surface area contributed by atoms with Crippen molar-refractivity contribution in [3.8, 4) is 0 Å². The van der Waals surface area contributed by atoms with Crippen LogP contribution in [0.2, 0.25) is 0 Å². The van der Waals surface area contributed by atoms with Gasteiger partial charge in [0.25, 0.3) is 5.91 Å². The summed E-state index contributed by atoms with van der Waals surface area (Å²) in [4.78, 5) is 30.2. The maximum Gasteiger partial charge on any atom is 0.255 e. The van der Waals surface area contributed by atoms with Crippen LogP contribution in [-0.2, 0) is 16.6 Å². The first kappa shape index (κ1) is 28.9. The molecule has 1 saturated heterocycles. The van der Waals surface area contributed by atoms with Crippen molar-refractivity contribution in [1.82, 2.24) is 9.80 Å². The lowest BCUT2D eigenvalue weighted by Crippen LogP contribution is -2.51. The third kappa shape index (κ3) is 7.89. The van der Waals surface area contributed by atoms with E-state index >= 15 is 0 Å². The largest absolute Gasteiger partial charge is 0.341 e. The van der Waals surface area contributed by atoms with Crippen molar-refractivity contribution in [2.24, 2.45) is 11.7 Å². The average Bonchev–Trinajstić information content (AvgIpc) is 2.87. The SMILES string of the molecule is CCCN1CCC(C(N)C(=O)N(C)C(C)Cc2cccc(NC(=O)c3ccc(C(C)(C)C)cc3)c2)CC1. The Kier molecular flexibility index (Phi) is 9.91. The second-order valence-corrected chi connectivity index (χ2v) is 11.7. The Labute approximate surface area is 223 Å². The fourth-order valence-electron chi connectivity index (χ4n) is 5.08. The van der Waals surface area contributed by atoms with Crippen LogP contribution in [0.15, 0.2) is 48.5 Å². The van der Waals surface area contributed by atoms with Gasteiger partial charge in [0.05, 0.1) is 6.04 Å². The van der Waals surface area contributed by atoms with Gasteiger partial charge < -0.3 is 20.9 Å². The van der Waals surface area contributed by atoms with Crippen LogP contribution in [0.5, 0.6) is 0 Å². The van der Waals surface area contributed by atoms with Crippen molar-refractivity contribution in [2.45, 2.75) is 77.8 Å². The molecule has 1 aliphatic rings. The van der Waals surface area contributed by atoms with E-state index in [0.717, 1.165) is 50.1 Å². The van der Waals surface area contributed by atoms with Gasteiger partial charge in [0.1, 0.15) is 0 Å².